The summed E-state index contributed by atoms with van der Waals surface area (Å²) in [6, 6.07) is 5.19. The maximum absolute atomic E-state index is 12.0. The van der Waals surface area contributed by atoms with Crippen LogP contribution in [0.5, 0.6) is 0 Å². The summed E-state index contributed by atoms with van der Waals surface area (Å²) in [7, 11) is 0. The van der Waals surface area contributed by atoms with Crippen molar-refractivity contribution in [2.24, 2.45) is 0 Å². The van der Waals surface area contributed by atoms with Crippen LogP contribution in [0.3, 0.4) is 0 Å². The van der Waals surface area contributed by atoms with Gasteiger partial charge in [0.05, 0.1) is 9.90 Å². The van der Waals surface area contributed by atoms with Gasteiger partial charge in [-0.05, 0) is 30.5 Å². The van der Waals surface area contributed by atoms with E-state index in [0.29, 0.717) is 15.5 Å². The summed E-state index contributed by atoms with van der Waals surface area (Å²) < 4.78 is 0. The molecule has 0 N–H and O–H groups in total. The first-order valence-electron chi connectivity index (χ1n) is 4.39. The summed E-state index contributed by atoms with van der Waals surface area (Å²) in [5.41, 5.74) is 1.46. The van der Waals surface area contributed by atoms with Crippen LogP contribution in [0.4, 0.5) is 0 Å². The van der Waals surface area contributed by atoms with Gasteiger partial charge >= 0.3 is 0 Å². The normalized spacial score (nSPS) is 10.3. The number of rotatable bonds is 2. The number of pyridine rings is 1. The van der Waals surface area contributed by atoms with Gasteiger partial charge in [-0.3, -0.25) is 9.78 Å². The second-order valence-corrected chi connectivity index (χ2v) is 4.44. The lowest BCUT2D eigenvalue weighted by atomic mass is 10.1. The fraction of sp³-hybridized carbons (Fsp3) is 0.0909. The molecule has 0 aliphatic heterocycles. The van der Waals surface area contributed by atoms with Crippen molar-refractivity contribution in [1.82, 2.24) is 4.98 Å². The van der Waals surface area contributed by atoms with Crippen LogP contribution in [0, 0.1) is 6.92 Å². The van der Waals surface area contributed by atoms with Gasteiger partial charge < -0.3 is 0 Å². The van der Waals surface area contributed by atoms with Gasteiger partial charge in [-0.2, -0.15) is 0 Å². The molecule has 76 valence electrons. The minimum absolute atomic E-state index is 0.0412. The summed E-state index contributed by atoms with van der Waals surface area (Å²) in [6.45, 7) is 1.85. The van der Waals surface area contributed by atoms with E-state index in [-0.39, 0.29) is 5.78 Å². The number of nitrogens with zero attached hydrogens (tertiary/aromatic N) is 1. The molecule has 4 heteroatoms. The topological polar surface area (TPSA) is 30.0 Å². The number of halogens is 1. The monoisotopic (exact) mass is 237 g/mol. The Kier molecular flexibility index (Phi) is 2.84. The highest BCUT2D eigenvalue weighted by Crippen LogP contribution is 2.24. The van der Waals surface area contributed by atoms with Crippen molar-refractivity contribution >= 4 is 28.7 Å². The number of ketones is 1. The number of carbonyl (C=O) groups is 1. The Morgan fingerprint density at radius 1 is 1.47 bits per heavy atom. The Morgan fingerprint density at radius 3 is 2.87 bits per heavy atom. The molecule has 0 saturated heterocycles. The van der Waals surface area contributed by atoms with Crippen LogP contribution in [-0.4, -0.2) is 10.8 Å². The first-order chi connectivity index (χ1) is 7.18. The SMILES string of the molecule is Cc1cc(C(=O)c2sccc2Cl)ccn1. The largest absolute Gasteiger partial charge is 0.288 e. The molecule has 2 heterocycles. The molecule has 0 aromatic carbocycles. The molecule has 0 aliphatic rings. The number of hydrogen-bond donors (Lipinski definition) is 0. The summed E-state index contributed by atoms with van der Waals surface area (Å²) in [4.78, 5) is 16.6. The minimum Gasteiger partial charge on any atom is -0.288 e. The van der Waals surface area contributed by atoms with Gasteiger partial charge in [-0.1, -0.05) is 11.6 Å². The van der Waals surface area contributed by atoms with Gasteiger partial charge in [0.15, 0.2) is 0 Å². The van der Waals surface area contributed by atoms with Gasteiger partial charge in [-0.15, -0.1) is 11.3 Å². The quantitative estimate of drug-likeness (QED) is 0.750. The van der Waals surface area contributed by atoms with Gasteiger partial charge in [-0.25, -0.2) is 0 Å². The molecule has 15 heavy (non-hydrogen) atoms. The summed E-state index contributed by atoms with van der Waals surface area (Å²) in [5.74, 6) is -0.0412. The molecular formula is C11H8ClNOS. The predicted octanol–water partition coefficient (Wildman–Crippen LogP) is 3.34. The zero-order valence-electron chi connectivity index (χ0n) is 8.03. The van der Waals surface area contributed by atoms with E-state index in [1.54, 1.807) is 24.4 Å². The molecule has 0 saturated carbocycles. The van der Waals surface area contributed by atoms with Crippen molar-refractivity contribution in [1.29, 1.82) is 0 Å². The molecule has 0 bridgehead atoms. The smallest absolute Gasteiger partial charge is 0.204 e. The molecular weight excluding hydrogens is 230 g/mol. The Bertz CT molecular complexity index is 507. The Balaban J connectivity index is 2.41. The van der Waals surface area contributed by atoms with E-state index in [4.69, 9.17) is 11.6 Å². The molecule has 2 aromatic rings. The van der Waals surface area contributed by atoms with Crippen molar-refractivity contribution in [3.63, 3.8) is 0 Å². The average Bonchev–Trinajstić information content (AvgIpc) is 2.63. The highest BCUT2D eigenvalue weighted by atomic mass is 35.5. The van der Waals surface area contributed by atoms with Crippen molar-refractivity contribution in [2.75, 3.05) is 0 Å². The van der Waals surface area contributed by atoms with E-state index >= 15 is 0 Å². The second kappa shape index (κ2) is 4.13. The average molecular weight is 238 g/mol. The molecule has 2 rings (SSSR count). The second-order valence-electron chi connectivity index (χ2n) is 3.11. The highest BCUT2D eigenvalue weighted by molar-refractivity contribution is 7.13. The Labute approximate surface area is 96.5 Å². The maximum atomic E-state index is 12.0. The number of aromatic nitrogens is 1. The van der Waals surface area contributed by atoms with Crippen LogP contribution in [0.15, 0.2) is 29.8 Å². The predicted molar refractivity (Wildman–Crippen MR) is 61.7 cm³/mol. The first-order valence-corrected chi connectivity index (χ1v) is 5.64. The minimum atomic E-state index is -0.0412. The summed E-state index contributed by atoms with van der Waals surface area (Å²) in [6.07, 6.45) is 1.63. The van der Waals surface area contributed by atoms with Crippen LogP contribution in [0.1, 0.15) is 20.9 Å². The lowest BCUT2D eigenvalue weighted by molar-refractivity contribution is 0.104. The van der Waals surface area contributed by atoms with Gasteiger partial charge in [0, 0.05) is 17.5 Å². The summed E-state index contributed by atoms with van der Waals surface area (Å²) >= 11 is 7.25. The lowest BCUT2D eigenvalue weighted by Gasteiger charge is -1.99. The van der Waals surface area contributed by atoms with Crippen molar-refractivity contribution in [3.8, 4) is 0 Å². The fourth-order valence-corrected chi connectivity index (χ4v) is 2.38. The van der Waals surface area contributed by atoms with E-state index in [1.165, 1.54) is 11.3 Å². The Morgan fingerprint density at radius 2 is 2.27 bits per heavy atom. The van der Waals surface area contributed by atoms with Crippen molar-refractivity contribution in [3.05, 3.63) is 50.9 Å². The van der Waals surface area contributed by atoms with Gasteiger partial charge in [0.2, 0.25) is 5.78 Å². The molecule has 0 spiro atoms. The Hall–Kier alpha value is -1.19. The number of carbonyl (C=O) groups excluding carboxylic acids is 1. The van der Waals surface area contributed by atoms with Gasteiger partial charge in [0.1, 0.15) is 0 Å². The first kappa shape index (κ1) is 10.3. The van der Waals surface area contributed by atoms with Crippen LogP contribution < -0.4 is 0 Å². The standard InChI is InChI=1S/C11H8ClNOS/c1-7-6-8(2-4-13-7)10(14)11-9(12)3-5-15-11/h2-6H,1H3. The van der Waals surface area contributed by atoms with E-state index < -0.39 is 0 Å². The lowest BCUT2D eigenvalue weighted by Crippen LogP contribution is -2.00. The van der Waals surface area contributed by atoms with Crippen LogP contribution >= 0.6 is 22.9 Å². The van der Waals surface area contributed by atoms with Crippen molar-refractivity contribution < 1.29 is 4.79 Å². The molecule has 0 amide bonds. The molecule has 2 nitrogen and oxygen atoms in total. The third kappa shape index (κ3) is 2.08. The maximum Gasteiger partial charge on any atom is 0.204 e. The molecule has 0 unspecified atom stereocenters. The van der Waals surface area contributed by atoms with Crippen LogP contribution in [0.2, 0.25) is 5.02 Å². The third-order valence-corrected chi connectivity index (χ3v) is 3.32. The highest BCUT2D eigenvalue weighted by Gasteiger charge is 2.14. The number of aryl methyl sites for hydroxylation is 1. The molecule has 2 aromatic heterocycles. The fourth-order valence-electron chi connectivity index (χ4n) is 1.27. The van der Waals surface area contributed by atoms with E-state index in [0.717, 1.165) is 5.69 Å². The zero-order valence-corrected chi connectivity index (χ0v) is 9.60. The van der Waals surface area contributed by atoms with E-state index in [9.17, 15) is 4.79 Å². The molecule has 0 aliphatic carbocycles. The van der Waals surface area contributed by atoms with E-state index in [1.807, 2.05) is 12.3 Å². The third-order valence-electron chi connectivity index (χ3n) is 1.98. The molecule has 0 radical (unpaired) electrons. The number of hydrogen-bond acceptors (Lipinski definition) is 3. The molecule has 0 fully saturated rings. The zero-order chi connectivity index (χ0) is 10.8. The van der Waals surface area contributed by atoms with Crippen molar-refractivity contribution in [2.45, 2.75) is 6.92 Å². The van der Waals surface area contributed by atoms with Crippen LogP contribution in [0.25, 0.3) is 0 Å². The van der Waals surface area contributed by atoms with Gasteiger partial charge in [0.25, 0.3) is 0 Å². The van der Waals surface area contributed by atoms with Crippen LogP contribution in [-0.2, 0) is 0 Å². The van der Waals surface area contributed by atoms with E-state index in [2.05, 4.69) is 4.98 Å². The molecule has 0 atom stereocenters. The summed E-state index contributed by atoms with van der Waals surface area (Å²) in [5, 5.41) is 2.32. The number of thiophene rings is 1.